The Kier molecular flexibility index (Phi) is 3.36. The van der Waals surface area contributed by atoms with Crippen molar-refractivity contribution in [3.8, 4) is 0 Å². The van der Waals surface area contributed by atoms with Gasteiger partial charge in [-0.2, -0.15) is 0 Å². The Morgan fingerprint density at radius 1 is 1.33 bits per heavy atom. The van der Waals surface area contributed by atoms with E-state index in [1.54, 1.807) is 0 Å². The number of ether oxygens (including phenoxy) is 1. The summed E-state index contributed by atoms with van der Waals surface area (Å²) in [5, 5.41) is 13.0. The zero-order valence-corrected chi connectivity index (χ0v) is 8.89. The van der Waals surface area contributed by atoms with Gasteiger partial charge in [0.15, 0.2) is 0 Å². The average molecular weight is 207 g/mol. The highest BCUT2D eigenvalue weighted by atomic mass is 16.5. The third-order valence-electron chi connectivity index (χ3n) is 2.81. The lowest BCUT2D eigenvalue weighted by Gasteiger charge is -2.20. The highest BCUT2D eigenvalue weighted by Crippen LogP contribution is 2.15. The third-order valence-corrected chi connectivity index (χ3v) is 2.81. The molecular formula is C12H17NO2. The van der Waals surface area contributed by atoms with E-state index in [2.05, 4.69) is 24.4 Å². The molecule has 1 aromatic carbocycles. The van der Waals surface area contributed by atoms with E-state index in [1.807, 2.05) is 18.2 Å². The second kappa shape index (κ2) is 4.75. The predicted molar refractivity (Wildman–Crippen MR) is 58.6 cm³/mol. The summed E-state index contributed by atoms with van der Waals surface area (Å²) in [4.78, 5) is 0. The van der Waals surface area contributed by atoms with Gasteiger partial charge in [-0.3, -0.25) is 0 Å². The predicted octanol–water partition coefficient (Wildman–Crippen LogP) is 1.10. The second-order valence-electron chi connectivity index (χ2n) is 4.01. The van der Waals surface area contributed by atoms with Gasteiger partial charge in [-0.1, -0.05) is 30.3 Å². The molecule has 3 heteroatoms. The van der Waals surface area contributed by atoms with Gasteiger partial charge in [-0.15, -0.1) is 0 Å². The molecular weight excluding hydrogens is 190 g/mol. The van der Waals surface area contributed by atoms with Crippen LogP contribution in [0.2, 0.25) is 0 Å². The molecule has 2 rings (SSSR count). The average Bonchev–Trinajstić information content (AvgIpc) is 2.66. The molecule has 15 heavy (non-hydrogen) atoms. The first-order valence-electron chi connectivity index (χ1n) is 5.34. The molecule has 1 unspecified atom stereocenters. The summed E-state index contributed by atoms with van der Waals surface area (Å²) in [6.45, 7) is 3.14. The van der Waals surface area contributed by atoms with Crippen molar-refractivity contribution in [3.63, 3.8) is 0 Å². The van der Waals surface area contributed by atoms with E-state index in [1.165, 1.54) is 5.56 Å². The minimum absolute atomic E-state index is 0.0557. The first-order valence-corrected chi connectivity index (χ1v) is 5.34. The van der Waals surface area contributed by atoms with Crippen molar-refractivity contribution >= 4 is 0 Å². The van der Waals surface area contributed by atoms with Crippen LogP contribution in [-0.2, 0) is 4.74 Å². The number of benzene rings is 1. The quantitative estimate of drug-likeness (QED) is 0.779. The van der Waals surface area contributed by atoms with E-state index in [4.69, 9.17) is 4.74 Å². The van der Waals surface area contributed by atoms with Crippen molar-refractivity contribution < 1.29 is 9.84 Å². The minimum atomic E-state index is -0.379. The Morgan fingerprint density at radius 2 is 2.07 bits per heavy atom. The van der Waals surface area contributed by atoms with Crippen LogP contribution >= 0.6 is 0 Å². The van der Waals surface area contributed by atoms with Crippen LogP contribution in [0, 0.1) is 0 Å². The molecule has 1 saturated heterocycles. The van der Waals surface area contributed by atoms with E-state index >= 15 is 0 Å². The Hall–Kier alpha value is -0.900. The minimum Gasteiger partial charge on any atom is -0.389 e. The van der Waals surface area contributed by atoms with Crippen LogP contribution in [-0.4, -0.2) is 30.5 Å². The summed E-state index contributed by atoms with van der Waals surface area (Å²) in [6, 6.07) is 10.5. The molecule has 82 valence electrons. The van der Waals surface area contributed by atoms with Crippen molar-refractivity contribution in [2.75, 3.05) is 13.2 Å². The molecule has 1 fully saturated rings. The Morgan fingerprint density at radius 3 is 2.67 bits per heavy atom. The fourth-order valence-corrected chi connectivity index (χ4v) is 1.86. The molecule has 0 aromatic heterocycles. The smallest absolute Gasteiger partial charge is 0.0948 e. The van der Waals surface area contributed by atoms with E-state index in [9.17, 15) is 5.11 Å². The summed E-state index contributed by atoms with van der Waals surface area (Å²) in [7, 11) is 0. The number of aliphatic hydroxyl groups is 1. The molecule has 0 saturated carbocycles. The van der Waals surface area contributed by atoms with Crippen molar-refractivity contribution in [2.24, 2.45) is 0 Å². The molecule has 1 heterocycles. The largest absolute Gasteiger partial charge is 0.389 e. The number of rotatable bonds is 3. The highest BCUT2D eigenvalue weighted by Gasteiger charge is 2.27. The number of hydrogen-bond acceptors (Lipinski definition) is 3. The van der Waals surface area contributed by atoms with Gasteiger partial charge < -0.3 is 15.2 Å². The summed E-state index contributed by atoms with van der Waals surface area (Å²) < 4.78 is 5.19. The monoisotopic (exact) mass is 207 g/mol. The number of hydrogen-bond donors (Lipinski definition) is 2. The molecule has 1 aromatic rings. The van der Waals surface area contributed by atoms with Gasteiger partial charge in [-0.05, 0) is 12.5 Å². The van der Waals surface area contributed by atoms with E-state index < -0.39 is 0 Å². The maximum atomic E-state index is 9.60. The van der Waals surface area contributed by atoms with Gasteiger partial charge in [-0.25, -0.2) is 0 Å². The SMILES string of the molecule is C[C@H](NC1COC[C@@H]1O)c1ccccc1. The second-order valence-corrected chi connectivity index (χ2v) is 4.01. The lowest BCUT2D eigenvalue weighted by atomic mass is 10.1. The molecule has 0 spiro atoms. The summed E-state index contributed by atoms with van der Waals surface area (Å²) in [5.41, 5.74) is 1.23. The number of nitrogens with one attached hydrogen (secondary N) is 1. The summed E-state index contributed by atoms with van der Waals surface area (Å²) >= 11 is 0. The van der Waals surface area contributed by atoms with Crippen LogP contribution in [0.5, 0.6) is 0 Å². The van der Waals surface area contributed by atoms with Crippen LogP contribution in [0.15, 0.2) is 30.3 Å². The van der Waals surface area contributed by atoms with Crippen LogP contribution in [0.25, 0.3) is 0 Å². The molecule has 1 aliphatic heterocycles. The van der Waals surface area contributed by atoms with Crippen LogP contribution in [0.4, 0.5) is 0 Å². The Bertz CT molecular complexity index is 302. The Labute approximate surface area is 90.1 Å². The Balaban J connectivity index is 1.95. The molecule has 0 bridgehead atoms. The normalized spacial score (nSPS) is 27.9. The van der Waals surface area contributed by atoms with Gasteiger partial charge in [0.25, 0.3) is 0 Å². The lowest BCUT2D eigenvalue weighted by molar-refractivity contribution is 0.121. The van der Waals surface area contributed by atoms with Crippen molar-refractivity contribution in [3.05, 3.63) is 35.9 Å². The maximum Gasteiger partial charge on any atom is 0.0948 e. The fourth-order valence-electron chi connectivity index (χ4n) is 1.86. The van der Waals surface area contributed by atoms with Crippen LogP contribution in [0.3, 0.4) is 0 Å². The van der Waals surface area contributed by atoms with Gasteiger partial charge in [0.2, 0.25) is 0 Å². The zero-order valence-electron chi connectivity index (χ0n) is 8.89. The fraction of sp³-hybridized carbons (Fsp3) is 0.500. The first kappa shape index (κ1) is 10.6. The van der Waals surface area contributed by atoms with E-state index in [0.29, 0.717) is 13.2 Å². The van der Waals surface area contributed by atoms with Gasteiger partial charge in [0.05, 0.1) is 25.4 Å². The van der Waals surface area contributed by atoms with Gasteiger partial charge in [0, 0.05) is 6.04 Å². The zero-order chi connectivity index (χ0) is 10.7. The van der Waals surface area contributed by atoms with E-state index in [-0.39, 0.29) is 18.2 Å². The lowest BCUT2D eigenvalue weighted by Crippen LogP contribution is -2.40. The molecule has 1 aliphatic rings. The van der Waals surface area contributed by atoms with E-state index in [0.717, 1.165) is 0 Å². The van der Waals surface area contributed by atoms with Gasteiger partial charge >= 0.3 is 0 Å². The molecule has 0 radical (unpaired) electrons. The molecule has 2 N–H and O–H groups in total. The summed E-state index contributed by atoms with van der Waals surface area (Å²) in [6.07, 6.45) is -0.379. The molecule has 0 aliphatic carbocycles. The highest BCUT2D eigenvalue weighted by molar-refractivity contribution is 5.18. The maximum absolute atomic E-state index is 9.60. The first-order chi connectivity index (χ1) is 7.27. The van der Waals surface area contributed by atoms with Crippen molar-refractivity contribution in [1.82, 2.24) is 5.32 Å². The molecule has 3 nitrogen and oxygen atoms in total. The van der Waals surface area contributed by atoms with Crippen molar-refractivity contribution in [2.45, 2.75) is 25.1 Å². The van der Waals surface area contributed by atoms with Gasteiger partial charge in [0.1, 0.15) is 0 Å². The van der Waals surface area contributed by atoms with Crippen LogP contribution < -0.4 is 5.32 Å². The molecule has 3 atom stereocenters. The standard InChI is InChI=1S/C12H17NO2/c1-9(10-5-3-2-4-6-10)13-11-7-15-8-12(11)14/h2-6,9,11-14H,7-8H2,1H3/t9-,11?,12-/m0/s1. The third kappa shape index (κ3) is 2.56. The number of aliphatic hydroxyl groups excluding tert-OH is 1. The topological polar surface area (TPSA) is 41.5 Å². The van der Waals surface area contributed by atoms with Crippen LogP contribution in [0.1, 0.15) is 18.5 Å². The summed E-state index contributed by atoms with van der Waals surface area (Å²) in [5.74, 6) is 0. The molecule has 0 amide bonds. The van der Waals surface area contributed by atoms with Crippen molar-refractivity contribution in [1.29, 1.82) is 0 Å².